The van der Waals surface area contributed by atoms with Crippen molar-refractivity contribution in [3.05, 3.63) is 32.9 Å². The lowest BCUT2D eigenvalue weighted by Crippen LogP contribution is -2.34. The van der Waals surface area contributed by atoms with Gasteiger partial charge in [-0.25, -0.2) is 4.79 Å². The smallest absolute Gasteiger partial charge is 0.330 e. The summed E-state index contributed by atoms with van der Waals surface area (Å²) in [4.78, 5) is 36.4. The predicted octanol–water partition coefficient (Wildman–Crippen LogP) is 0.437. The molecule has 1 unspecified atom stereocenters. The van der Waals surface area contributed by atoms with Crippen LogP contribution in [0.1, 0.15) is 45.8 Å². The summed E-state index contributed by atoms with van der Waals surface area (Å²) in [5, 5.41) is 10.1. The highest BCUT2D eigenvalue weighted by molar-refractivity contribution is 5.69. The first-order chi connectivity index (χ1) is 13.8. The minimum atomic E-state index is -1.14. The lowest BCUT2D eigenvalue weighted by molar-refractivity contribution is -0.164. The topological polar surface area (TPSA) is 129 Å². The van der Waals surface area contributed by atoms with Gasteiger partial charge in [-0.2, -0.15) is 4.39 Å². The quantitative estimate of drug-likeness (QED) is 0.301. The van der Waals surface area contributed by atoms with Gasteiger partial charge in [-0.1, -0.05) is 13.3 Å². The van der Waals surface area contributed by atoms with E-state index < -0.39 is 41.5 Å². The Kier molecular flexibility index (Phi) is 8.96. The zero-order valence-corrected chi connectivity index (χ0v) is 16.5. The van der Waals surface area contributed by atoms with Gasteiger partial charge in [0.05, 0.1) is 31.4 Å². The number of ether oxygens (including phenoxy) is 4. The normalized spacial score (nSPS) is 22.6. The number of carbonyl (C=O) groups excluding carboxylic acids is 1. The second-order valence-electron chi connectivity index (χ2n) is 6.82. The van der Waals surface area contributed by atoms with Crippen molar-refractivity contribution >= 4 is 5.97 Å². The van der Waals surface area contributed by atoms with E-state index in [0.29, 0.717) is 6.61 Å². The molecule has 2 rings (SSSR count). The summed E-state index contributed by atoms with van der Waals surface area (Å²) in [6.45, 7) is 3.98. The van der Waals surface area contributed by atoms with Crippen molar-refractivity contribution in [1.29, 1.82) is 0 Å². The van der Waals surface area contributed by atoms with E-state index >= 15 is 0 Å². The molecule has 29 heavy (non-hydrogen) atoms. The molecule has 1 saturated heterocycles. The SMILES string of the molecule is CCCCOC(C)CC(=O)OCOC[C@H]1O[C@@H](n2cc(F)c(=O)[nH]c2=O)C[C@@H]1O. The largest absolute Gasteiger partial charge is 0.438 e. The molecule has 2 N–H and O–H groups in total. The molecule has 0 aromatic carbocycles. The van der Waals surface area contributed by atoms with Crippen molar-refractivity contribution in [2.24, 2.45) is 0 Å². The van der Waals surface area contributed by atoms with Crippen LogP contribution < -0.4 is 11.2 Å². The number of nitrogens with one attached hydrogen (secondary N) is 1. The van der Waals surface area contributed by atoms with Crippen LogP contribution in [0.5, 0.6) is 0 Å². The molecule has 1 fully saturated rings. The predicted molar refractivity (Wildman–Crippen MR) is 97.7 cm³/mol. The van der Waals surface area contributed by atoms with Crippen LogP contribution in [0.4, 0.5) is 4.39 Å². The van der Waals surface area contributed by atoms with Crippen LogP contribution in [0, 0.1) is 5.82 Å². The van der Waals surface area contributed by atoms with Crippen LogP contribution >= 0.6 is 0 Å². The highest BCUT2D eigenvalue weighted by atomic mass is 19.1. The lowest BCUT2D eigenvalue weighted by Gasteiger charge is -2.16. The minimum absolute atomic E-state index is 0.00577. The van der Waals surface area contributed by atoms with E-state index in [4.69, 9.17) is 18.9 Å². The summed E-state index contributed by atoms with van der Waals surface area (Å²) in [5.74, 6) is -1.61. The molecular formula is C18H27FN2O8. The molecule has 0 amide bonds. The van der Waals surface area contributed by atoms with Crippen molar-refractivity contribution in [2.45, 2.75) is 64.1 Å². The first-order valence-corrected chi connectivity index (χ1v) is 9.51. The highest BCUT2D eigenvalue weighted by Gasteiger charge is 2.36. The summed E-state index contributed by atoms with van der Waals surface area (Å²) in [7, 11) is 0. The van der Waals surface area contributed by atoms with Gasteiger partial charge in [0.15, 0.2) is 6.79 Å². The Bertz CT molecular complexity index is 780. The number of hydrogen-bond donors (Lipinski definition) is 2. The summed E-state index contributed by atoms with van der Waals surface area (Å²) < 4.78 is 35.4. The molecule has 0 spiro atoms. The van der Waals surface area contributed by atoms with E-state index in [0.717, 1.165) is 23.6 Å². The Morgan fingerprint density at radius 3 is 2.97 bits per heavy atom. The van der Waals surface area contributed by atoms with E-state index in [1.54, 1.807) is 6.92 Å². The van der Waals surface area contributed by atoms with E-state index in [1.165, 1.54) is 0 Å². The monoisotopic (exact) mass is 418 g/mol. The van der Waals surface area contributed by atoms with Gasteiger partial charge in [0.2, 0.25) is 5.82 Å². The number of H-pyrrole nitrogens is 1. The lowest BCUT2D eigenvalue weighted by atomic mass is 10.2. The van der Waals surface area contributed by atoms with Crippen molar-refractivity contribution in [1.82, 2.24) is 9.55 Å². The summed E-state index contributed by atoms with van der Waals surface area (Å²) in [5.41, 5.74) is -1.98. The molecule has 0 radical (unpaired) electrons. The number of hydrogen-bond acceptors (Lipinski definition) is 8. The molecule has 1 aliphatic rings. The third kappa shape index (κ3) is 7.03. The van der Waals surface area contributed by atoms with Crippen molar-refractivity contribution in [3.8, 4) is 0 Å². The standard InChI is InChI=1S/C18H27FN2O8/c1-3-4-5-27-11(2)6-16(23)28-10-26-9-14-13(22)7-15(29-14)21-8-12(19)17(24)20-18(21)25/h8,11,13-15,22H,3-7,9-10H2,1-2H3,(H,20,24,25)/t11?,13-,14+,15+/m0/s1. The third-order valence-corrected chi connectivity index (χ3v) is 4.38. The summed E-state index contributed by atoms with van der Waals surface area (Å²) in [6, 6.07) is 0. The number of esters is 1. The maximum Gasteiger partial charge on any atom is 0.330 e. The van der Waals surface area contributed by atoms with Gasteiger partial charge in [-0.15, -0.1) is 0 Å². The molecule has 0 saturated carbocycles. The first-order valence-electron chi connectivity index (χ1n) is 9.51. The van der Waals surface area contributed by atoms with Crippen LogP contribution in [0.2, 0.25) is 0 Å². The number of carbonyl (C=O) groups is 1. The van der Waals surface area contributed by atoms with Gasteiger partial charge in [0.1, 0.15) is 12.3 Å². The second-order valence-corrected chi connectivity index (χ2v) is 6.82. The fourth-order valence-electron chi connectivity index (χ4n) is 2.76. The summed E-state index contributed by atoms with van der Waals surface area (Å²) in [6.07, 6.45) is -0.247. The van der Waals surface area contributed by atoms with Gasteiger partial charge >= 0.3 is 11.7 Å². The average Bonchev–Trinajstić information content (AvgIpc) is 3.02. The minimum Gasteiger partial charge on any atom is -0.438 e. The number of aromatic amines is 1. The molecule has 11 heteroatoms. The molecule has 0 aliphatic carbocycles. The van der Waals surface area contributed by atoms with Gasteiger partial charge in [-0.05, 0) is 13.3 Å². The number of rotatable bonds is 11. The van der Waals surface area contributed by atoms with Crippen molar-refractivity contribution < 1.29 is 33.2 Å². The number of halogens is 1. The van der Waals surface area contributed by atoms with Crippen LogP contribution in [0.3, 0.4) is 0 Å². The van der Waals surface area contributed by atoms with Gasteiger partial charge in [-0.3, -0.25) is 19.1 Å². The number of nitrogens with zero attached hydrogens (tertiary/aromatic N) is 1. The Balaban J connectivity index is 1.72. The van der Waals surface area contributed by atoms with Crippen molar-refractivity contribution in [2.75, 3.05) is 20.0 Å². The highest BCUT2D eigenvalue weighted by Crippen LogP contribution is 2.27. The van der Waals surface area contributed by atoms with Crippen LogP contribution in [0.25, 0.3) is 0 Å². The first kappa shape index (κ1) is 23.2. The number of aliphatic hydroxyl groups is 1. The Morgan fingerprint density at radius 2 is 2.24 bits per heavy atom. The fourth-order valence-corrected chi connectivity index (χ4v) is 2.76. The molecule has 2 heterocycles. The second kappa shape index (κ2) is 11.2. The fraction of sp³-hybridized carbons (Fsp3) is 0.722. The molecule has 164 valence electrons. The Morgan fingerprint density at radius 1 is 1.48 bits per heavy atom. The van der Waals surface area contributed by atoms with Crippen LogP contribution in [-0.4, -0.2) is 58.9 Å². The van der Waals surface area contributed by atoms with Gasteiger partial charge in [0, 0.05) is 13.0 Å². The molecule has 1 aromatic rings. The molecule has 4 atom stereocenters. The Labute approximate surface area is 166 Å². The molecule has 0 bridgehead atoms. The van der Waals surface area contributed by atoms with Crippen molar-refractivity contribution in [3.63, 3.8) is 0 Å². The summed E-state index contributed by atoms with van der Waals surface area (Å²) >= 11 is 0. The maximum absolute atomic E-state index is 13.4. The zero-order chi connectivity index (χ0) is 21.4. The van der Waals surface area contributed by atoms with E-state index in [9.17, 15) is 23.9 Å². The van der Waals surface area contributed by atoms with Crippen LogP contribution in [0.15, 0.2) is 15.8 Å². The number of unbranched alkanes of at least 4 members (excludes halogenated alkanes) is 1. The van der Waals surface area contributed by atoms with Gasteiger partial charge in [0.25, 0.3) is 5.56 Å². The van der Waals surface area contributed by atoms with Crippen LogP contribution in [-0.2, 0) is 23.7 Å². The van der Waals surface area contributed by atoms with E-state index in [2.05, 4.69) is 0 Å². The third-order valence-electron chi connectivity index (χ3n) is 4.38. The maximum atomic E-state index is 13.4. The van der Waals surface area contributed by atoms with Gasteiger partial charge < -0.3 is 24.1 Å². The van der Waals surface area contributed by atoms with E-state index in [-0.39, 0.29) is 32.3 Å². The molecule has 10 nitrogen and oxygen atoms in total. The number of aliphatic hydroxyl groups excluding tert-OH is 1. The molecule has 1 aromatic heterocycles. The average molecular weight is 418 g/mol. The Hall–Kier alpha value is -2.08. The number of aromatic nitrogens is 2. The molecular weight excluding hydrogens is 391 g/mol. The van der Waals surface area contributed by atoms with E-state index in [1.807, 2.05) is 11.9 Å². The molecule has 1 aliphatic heterocycles. The zero-order valence-electron chi connectivity index (χ0n) is 16.5.